The number of hydrogen-bond acceptors (Lipinski definition) is 3. The largest absolute Gasteiger partial charge is 0.372 e. The number of nitrogens with zero attached hydrogens (tertiary/aromatic N) is 2. The average molecular weight is 244 g/mol. The van der Waals surface area contributed by atoms with Crippen LogP contribution in [0.3, 0.4) is 0 Å². The summed E-state index contributed by atoms with van der Waals surface area (Å²) in [7, 11) is 1.83. The van der Waals surface area contributed by atoms with E-state index in [0.29, 0.717) is 0 Å². The first-order valence-corrected chi connectivity index (χ1v) is 5.69. The molecule has 3 nitrogen and oxygen atoms in total. The van der Waals surface area contributed by atoms with Gasteiger partial charge in [0.15, 0.2) is 0 Å². The van der Waals surface area contributed by atoms with E-state index in [9.17, 15) is 0 Å². The predicted molar refractivity (Wildman–Crippen MR) is 71.6 cm³/mol. The van der Waals surface area contributed by atoms with Gasteiger partial charge < -0.3 is 5.32 Å². The van der Waals surface area contributed by atoms with Crippen LogP contribution < -0.4 is 5.32 Å². The zero-order chi connectivity index (χ0) is 11.8. The molecule has 1 N–H and O–H groups in total. The van der Waals surface area contributed by atoms with Gasteiger partial charge in [0.05, 0.1) is 5.52 Å². The Morgan fingerprint density at radius 2 is 1.76 bits per heavy atom. The van der Waals surface area contributed by atoms with Gasteiger partial charge in [0.25, 0.3) is 0 Å². The lowest BCUT2D eigenvalue weighted by Crippen LogP contribution is -1.96. The van der Waals surface area contributed by atoms with E-state index >= 15 is 0 Å². The predicted octanol–water partition coefficient (Wildman–Crippen LogP) is 3.48. The van der Waals surface area contributed by atoms with Gasteiger partial charge in [-0.1, -0.05) is 24.3 Å². The molecule has 84 valence electrons. The number of hydrogen-bond donors (Lipinski definition) is 1. The lowest BCUT2D eigenvalue weighted by molar-refractivity contribution is 1.21. The quantitative estimate of drug-likeness (QED) is 0.525. The van der Waals surface area contributed by atoms with Crippen LogP contribution in [-0.4, -0.2) is 17.0 Å². The number of aromatic nitrogens is 2. The molecule has 0 radical (unpaired) electrons. The summed E-state index contributed by atoms with van der Waals surface area (Å²) in [6.07, 6.45) is 0. The van der Waals surface area contributed by atoms with E-state index in [0.717, 1.165) is 22.1 Å². The van der Waals surface area contributed by atoms with Crippen LogP contribution in [0.15, 0.2) is 36.4 Å². The first kappa shape index (κ1) is 10.3. The van der Waals surface area contributed by atoms with Crippen LogP contribution in [0.2, 0.25) is 5.28 Å². The third-order valence-electron chi connectivity index (χ3n) is 2.77. The van der Waals surface area contributed by atoms with Gasteiger partial charge in [0.2, 0.25) is 5.28 Å². The maximum Gasteiger partial charge on any atom is 0.224 e. The maximum atomic E-state index is 5.89. The molecule has 0 aliphatic carbocycles. The van der Waals surface area contributed by atoms with Gasteiger partial charge in [-0.05, 0) is 34.5 Å². The highest BCUT2D eigenvalue weighted by molar-refractivity contribution is 6.29. The van der Waals surface area contributed by atoms with Crippen molar-refractivity contribution >= 4 is 39.1 Å². The third kappa shape index (κ3) is 1.68. The summed E-state index contributed by atoms with van der Waals surface area (Å²) in [4.78, 5) is 8.42. The molecule has 4 heteroatoms. The molecular weight excluding hydrogens is 234 g/mol. The smallest absolute Gasteiger partial charge is 0.224 e. The Bertz CT molecular complexity index is 709. The molecule has 0 unspecified atom stereocenters. The summed E-state index contributed by atoms with van der Waals surface area (Å²) in [5.41, 5.74) is 0.855. The molecule has 0 bridgehead atoms. The summed E-state index contributed by atoms with van der Waals surface area (Å²) >= 11 is 5.89. The normalized spacial score (nSPS) is 10.9. The second-order valence-electron chi connectivity index (χ2n) is 3.81. The van der Waals surface area contributed by atoms with E-state index < -0.39 is 0 Å². The number of rotatable bonds is 1. The molecule has 0 spiro atoms. The lowest BCUT2D eigenvalue weighted by atomic mass is 10.1. The Balaban J connectivity index is 2.47. The summed E-state index contributed by atoms with van der Waals surface area (Å²) in [5.74, 6) is 0.755. The molecule has 17 heavy (non-hydrogen) atoms. The standard InChI is InChI=1S/C13H10ClN3/c1-15-12-10-6-8-4-2-3-5-9(8)7-11(10)16-13(14)17-12/h2-7H,1H3,(H,15,16,17). The molecule has 0 fully saturated rings. The van der Waals surface area contributed by atoms with E-state index in [2.05, 4.69) is 33.5 Å². The van der Waals surface area contributed by atoms with Crippen LogP contribution in [0.5, 0.6) is 0 Å². The van der Waals surface area contributed by atoms with E-state index in [1.54, 1.807) is 0 Å². The van der Waals surface area contributed by atoms with Crippen LogP contribution in [0.25, 0.3) is 21.7 Å². The van der Waals surface area contributed by atoms with Gasteiger partial charge in [-0.25, -0.2) is 9.97 Å². The van der Waals surface area contributed by atoms with Gasteiger partial charge in [0.1, 0.15) is 5.82 Å². The van der Waals surface area contributed by atoms with Crippen LogP contribution >= 0.6 is 11.6 Å². The van der Waals surface area contributed by atoms with Crippen molar-refractivity contribution in [2.75, 3.05) is 12.4 Å². The molecule has 0 saturated heterocycles. The van der Waals surface area contributed by atoms with Crippen LogP contribution in [-0.2, 0) is 0 Å². The van der Waals surface area contributed by atoms with Gasteiger partial charge in [0, 0.05) is 12.4 Å². The minimum atomic E-state index is 0.261. The Labute approximate surface area is 103 Å². The summed E-state index contributed by atoms with van der Waals surface area (Å²) < 4.78 is 0. The zero-order valence-corrected chi connectivity index (χ0v) is 9.99. The minimum absolute atomic E-state index is 0.261. The SMILES string of the molecule is CNc1nc(Cl)nc2cc3ccccc3cc12. The molecule has 0 aliphatic heterocycles. The molecule has 2 aromatic carbocycles. The first-order chi connectivity index (χ1) is 8.28. The van der Waals surface area contributed by atoms with Crippen molar-refractivity contribution in [2.24, 2.45) is 0 Å². The average Bonchev–Trinajstić information content (AvgIpc) is 2.35. The van der Waals surface area contributed by atoms with E-state index in [-0.39, 0.29) is 5.28 Å². The Morgan fingerprint density at radius 1 is 1.06 bits per heavy atom. The first-order valence-electron chi connectivity index (χ1n) is 5.32. The van der Waals surface area contributed by atoms with Crippen molar-refractivity contribution < 1.29 is 0 Å². The topological polar surface area (TPSA) is 37.8 Å². The second-order valence-corrected chi connectivity index (χ2v) is 4.15. The highest BCUT2D eigenvalue weighted by atomic mass is 35.5. The molecule has 0 aliphatic rings. The van der Waals surface area contributed by atoms with Crippen LogP contribution in [0.4, 0.5) is 5.82 Å². The highest BCUT2D eigenvalue weighted by Crippen LogP contribution is 2.26. The fraction of sp³-hybridized carbons (Fsp3) is 0.0769. The fourth-order valence-corrected chi connectivity index (χ4v) is 2.15. The third-order valence-corrected chi connectivity index (χ3v) is 2.94. The summed E-state index contributed by atoms with van der Waals surface area (Å²) in [6, 6.07) is 12.3. The van der Waals surface area contributed by atoms with E-state index in [4.69, 9.17) is 11.6 Å². The van der Waals surface area contributed by atoms with Crippen molar-refractivity contribution in [1.29, 1.82) is 0 Å². The van der Waals surface area contributed by atoms with E-state index in [1.807, 2.05) is 25.2 Å². The van der Waals surface area contributed by atoms with Crippen molar-refractivity contribution in [3.63, 3.8) is 0 Å². The molecular formula is C13H10ClN3. The number of anilines is 1. The Morgan fingerprint density at radius 3 is 2.47 bits per heavy atom. The number of halogens is 1. The zero-order valence-electron chi connectivity index (χ0n) is 9.24. The van der Waals surface area contributed by atoms with Gasteiger partial charge >= 0.3 is 0 Å². The second kappa shape index (κ2) is 3.86. The molecule has 3 aromatic rings. The highest BCUT2D eigenvalue weighted by Gasteiger charge is 2.06. The monoisotopic (exact) mass is 243 g/mol. The molecule has 0 atom stereocenters. The van der Waals surface area contributed by atoms with Crippen molar-refractivity contribution in [3.05, 3.63) is 41.7 Å². The lowest BCUT2D eigenvalue weighted by Gasteiger charge is -2.06. The molecule has 1 heterocycles. The number of fused-ring (bicyclic) bond motifs is 2. The molecule has 0 saturated carbocycles. The van der Waals surface area contributed by atoms with Crippen LogP contribution in [0.1, 0.15) is 0 Å². The summed E-state index contributed by atoms with van der Waals surface area (Å²) in [6.45, 7) is 0. The fourth-order valence-electron chi connectivity index (χ4n) is 1.98. The minimum Gasteiger partial charge on any atom is -0.372 e. The van der Waals surface area contributed by atoms with Crippen LogP contribution in [0, 0.1) is 0 Å². The van der Waals surface area contributed by atoms with Crippen molar-refractivity contribution in [3.8, 4) is 0 Å². The van der Waals surface area contributed by atoms with E-state index in [1.165, 1.54) is 5.39 Å². The van der Waals surface area contributed by atoms with Gasteiger partial charge in [-0.15, -0.1) is 0 Å². The molecule has 3 rings (SSSR count). The Hall–Kier alpha value is -1.87. The molecule has 1 aromatic heterocycles. The van der Waals surface area contributed by atoms with Gasteiger partial charge in [-0.3, -0.25) is 0 Å². The molecule has 0 amide bonds. The van der Waals surface area contributed by atoms with Gasteiger partial charge in [-0.2, -0.15) is 0 Å². The maximum absolute atomic E-state index is 5.89. The van der Waals surface area contributed by atoms with Crippen molar-refractivity contribution in [2.45, 2.75) is 0 Å². The number of benzene rings is 2. The number of nitrogens with one attached hydrogen (secondary N) is 1. The van der Waals surface area contributed by atoms with Crippen molar-refractivity contribution in [1.82, 2.24) is 9.97 Å². The summed E-state index contributed by atoms with van der Waals surface area (Å²) in [5, 5.41) is 6.60. The Kier molecular flexibility index (Phi) is 2.34.